The molecule has 0 saturated carbocycles. The molecule has 0 aromatic heterocycles. The van der Waals surface area contributed by atoms with Crippen molar-refractivity contribution in [3.8, 4) is 5.75 Å². The van der Waals surface area contributed by atoms with Crippen LogP contribution in [0, 0.1) is 19.8 Å². The standard InChI is InChI=1S/C16H23NO3/c1-12-8-13(2)10-15(9-12)20-7-5-17(3)16(18)14-4-6-19-11-14/h8-10,14H,4-7,11H2,1-3H3. The van der Waals surface area contributed by atoms with Crippen molar-refractivity contribution in [2.45, 2.75) is 20.3 Å². The van der Waals surface area contributed by atoms with Crippen molar-refractivity contribution in [1.29, 1.82) is 0 Å². The molecule has 20 heavy (non-hydrogen) atoms. The average Bonchev–Trinajstić information content (AvgIpc) is 2.90. The zero-order chi connectivity index (χ0) is 14.5. The monoisotopic (exact) mass is 277 g/mol. The molecule has 0 radical (unpaired) electrons. The number of carbonyl (C=O) groups is 1. The fourth-order valence-electron chi connectivity index (χ4n) is 2.47. The van der Waals surface area contributed by atoms with Crippen molar-refractivity contribution in [3.63, 3.8) is 0 Å². The minimum absolute atomic E-state index is 0.0289. The van der Waals surface area contributed by atoms with Crippen molar-refractivity contribution in [3.05, 3.63) is 29.3 Å². The van der Waals surface area contributed by atoms with Gasteiger partial charge >= 0.3 is 0 Å². The third-order valence-corrected chi connectivity index (χ3v) is 3.55. The van der Waals surface area contributed by atoms with E-state index in [1.807, 2.05) is 19.2 Å². The first-order chi connectivity index (χ1) is 9.56. The number of ether oxygens (including phenoxy) is 2. The number of carbonyl (C=O) groups excluding carboxylic acids is 1. The second-order valence-corrected chi connectivity index (χ2v) is 5.49. The highest BCUT2D eigenvalue weighted by atomic mass is 16.5. The molecule has 4 nitrogen and oxygen atoms in total. The number of hydrogen-bond donors (Lipinski definition) is 0. The largest absolute Gasteiger partial charge is 0.492 e. The molecule has 4 heteroatoms. The van der Waals surface area contributed by atoms with Crippen LogP contribution in [0.4, 0.5) is 0 Å². The fraction of sp³-hybridized carbons (Fsp3) is 0.562. The molecule has 1 amide bonds. The lowest BCUT2D eigenvalue weighted by atomic mass is 10.1. The number of amides is 1. The lowest BCUT2D eigenvalue weighted by molar-refractivity contribution is -0.134. The number of aryl methyl sites for hydroxylation is 2. The van der Waals surface area contributed by atoms with Gasteiger partial charge in [0.25, 0.3) is 0 Å². The van der Waals surface area contributed by atoms with Gasteiger partial charge in [-0.05, 0) is 43.5 Å². The summed E-state index contributed by atoms with van der Waals surface area (Å²) in [5, 5.41) is 0. The minimum Gasteiger partial charge on any atom is -0.492 e. The first-order valence-electron chi connectivity index (χ1n) is 7.10. The first kappa shape index (κ1) is 14.9. The maximum Gasteiger partial charge on any atom is 0.227 e. The molecule has 0 spiro atoms. The van der Waals surface area contributed by atoms with E-state index in [4.69, 9.17) is 9.47 Å². The van der Waals surface area contributed by atoms with E-state index in [0.717, 1.165) is 12.2 Å². The Morgan fingerprint density at radius 2 is 2.05 bits per heavy atom. The molecule has 2 rings (SSSR count). The summed E-state index contributed by atoms with van der Waals surface area (Å²) in [4.78, 5) is 13.8. The summed E-state index contributed by atoms with van der Waals surface area (Å²) in [6, 6.07) is 6.14. The molecule has 0 N–H and O–H groups in total. The Labute approximate surface area is 120 Å². The van der Waals surface area contributed by atoms with Crippen LogP contribution in [0.5, 0.6) is 5.75 Å². The van der Waals surface area contributed by atoms with Crippen LogP contribution in [0.3, 0.4) is 0 Å². The van der Waals surface area contributed by atoms with E-state index >= 15 is 0 Å². The molecule has 0 aliphatic carbocycles. The predicted octanol–water partition coefficient (Wildman–Crippen LogP) is 2.18. The van der Waals surface area contributed by atoms with E-state index in [-0.39, 0.29) is 11.8 Å². The van der Waals surface area contributed by atoms with Crippen LogP contribution < -0.4 is 4.74 Å². The summed E-state index contributed by atoms with van der Waals surface area (Å²) in [5.41, 5.74) is 2.38. The number of rotatable bonds is 5. The second-order valence-electron chi connectivity index (χ2n) is 5.49. The van der Waals surface area contributed by atoms with Crippen LogP contribution in [0.1, 0.15) is 17.5 Å². The Kier molecular flexibility index (Phi) is 5.01. The van der Waals surface area contributed by atoms with E-state index < -0.39 is 0 Å². The molecule has 1 aromatic carbocycles. The van der Waals surface area contributed by atoms with Crippen molar-refractivity contribution < 1.29 is 14.3 Å². The maximum absolute atomic E-state index is 12.1. The molecule has 110 valence electrons. The van der Waals surface area contributed by atoms with Gasteiger partial charge in [0, 0.05) is 13.7 Å². The van der Waals surface area contributed by atoms with E-state index in [2.05, 4.69) is 19.9 Å². The van der Waals surface area contributed by atoms with Crippen molar-refractivity contribution in [2.24, 2.45) is 5.92 Å². The molecule has 1 aliphatic heterocycles. The molecule has 1 aliphatic rings. The lowest BCUT2D eigenvalue weighted by Crippen LogP contribution is -2.36. The summed E-state index contributed by atoms with van der Waals surface area (Å²) in [6.45, 7) is 6.47. The number of nitrogens with zero attached hydrogens (tertiary/aromatic N) is 1. The zero-order valence-corrected chi connectivity index (χ0v) is 12.5. The van der Waals surface area contributed by atoms with Crippen LogP contribution in [-0.4, -0.2) is 44.2 Å². The number of hydrogen-bond acceptors (Lipinski definition) is 3. The van der Waals surface area contributed by atoms with Gasteiger partial charge in [0.2, 0.25) is 5.91 Å². The Balaban J connectivity index is 1.78. The van der Waals surface area contributed by atoms with Gasteiger partial charge in [-0.3, -0.25) is 4.79 Å². The summed E-state index contributed by atoms with van der Waals surface area (Å²) < 4.78 is 11.0. The van der Waals surface area contributed by atoms with Gasteiger partial charge in [-0.25, -0.2) is 0 Å². The summed E-state index contributed by atoms with van der Waals surface area (Å²) in [5.74, 6) is 1.06. The average molecular weight is 277 g/mol. The van der Waals surface area contributed by atoms with Crippen molar-refractivity contribution in [2.75, 3.05) is 33.4 Å². The molecule has 1 fully saturated rings. The van der Waals surface area contributed by atoms with Gasteiger partial charge < -0.3 is 14.4 Å². The second kappa shape index (κ2) is 6.75. The van der Waals surface area contributed by atoms with Gasteiger partial charge in [0.1, 0.15) is 12.4 Å². The highest BCUT2D eigenvalue weighted by molar-refractivity contribution is 5.78. The Morgan fingerprint density at radius 1 is 1.35 bits per heavy atom. The highest BCUT2D eigenvalue weighted by Crippen LogP contribution is 2.17. The van der Waals surface area contributed by atoms with E-state index in [9.17, 15) is 4.79 Å². The molecule has 1 aromatic rings. The Bertz CT molecular complexity index is 447. The lowest BCUT2D eigenvalue weighted by Gasteiger charge is -2.20. The number of benzene rings is 1. The van der Waals surface area contributed by atoms with Gasteiger partial charge in [-0.1, -0.05) is 6.07 Å². The van der Waals surface area contributed by atoms with Crippen LogP contribution in [0.25, 0.3) is 0 Å². The van der Waals surface area contributed by atoms with Gasteiger partial charge in [-0.2, -0.15) is 0 Å². The normalized spacial score (nSPS) is 18.1. The van der Waals surface area contributed by atoms with Crippen LogP contribution in [0.2, 0.25) is 0 Å². The smallest absolute Gasteiger partial charge is 0.227 e. The van der Waals surface area contributed by atoms with Crippen molar-refractivity contribution in [1.82, 2.24) is 4.90 Å². The molecular formula is C16H23NO3. The maximum atomic E-state index is 12.1. The number of likely N-dealkylation sites (N-methyl/N-ethyl adjacent to an activating group) is 1. The molecular weight excluding hydrogens is 254 g/mol. The zero-order valence-electron chi connectivity index (χ0n) is 12.5. The predicted molar refractivity (Wildman–Crippen MR) is 78.0 cm³/mol. The third kappa shape index (κ3) is 3.97. The fourth-order valence-corrected chi connectivity index (χ4v) is 2.47. The molecule has 1 heterocycles. The summed E-state index contributed by atoms with van der Waals surface area (Å²) in [6.07, 6.45) is 0.834. The molecule has 1 saturated heterocycles. The topological polar surface area (TPSA) is 38.8 Å². The van der Waals surface area contributed by atoms with E-state index in [1.165, 1.54) is 11.1 Å². The summed E-state index contributed by atoms with van der Waals surface area (Å²) >= 11 is 0. The molecule has 1 atom stereocenters. The van der Waals surface area contributed by atoms with Gasteiger partial charge in [0.15, 0.2) is 0 Å². The highest BCUT2D eigenvalue weighted by Gasteiger charge is 2.25. The molecule has 0 bridgehead atoms. The van der Waals surface area contributed by atoms with E-state index in [1.54, 1.807) is 4.90 Å². The van der Waals surface area contributed by atoms with E-state index in [0.29, 0.717) is 26.4 Å². The Morgan fingerprint density at radius 3 is 2.65 bits per heavy atom. The van der Waals surface area contributed by atoms with Crippen LogP contribution in [-0.2, 0) is 9.53 Å². The first-order valence-corrected chi connectivity index (χ1v) is 7.10. The van der Waals surface area contributed by atoms with Crippen molar-refractivity contribution >= 4 is 5.91 Å². The summed E-state index contributed by atoms with van der Waals surface area (Å²) in [7, 11) is 1.82. The van der Waals surface area contributed by atoms with Crippen LogP contribution >= 0.6 is 0 Å². The minimum atomic E-state index is 0.0289. The third-order valence-electron chi connectivity index (χ3n) is 3.55. The van der Waals surface area contributed by atoms with Gasteiger partial charge in [0.05, 0.1) is 19.1 Å². The van der Waals surface area contributed by atoms with Gasteiger partial charge in [-0.15, -0.1) is 0 Å². The molecule has 1 unspecified atom stereocenters. The van der Waals surface area contributed by atoms with Crippen LogP contribution in [0.15, 0.2) is 18.2 Å². The Hall–Kier alpha value is -1.55. The SMILES string of the molecule is Cc1cc(C)cc(OCCN(C)C(=O)C2CCOC2)c1. The quantitative estimate of drug-likeness (QED) is 0.828.